The number of fused-ring (bicyclic) bond motifs is 3. The van der Waals surface area contributed by atoms with Crippen molar-refractivity contribution in [2.24, 2.45) is 5.92 Å². The number of benzene rings is 1. The minimum atomic E-state index is -5.70. The lowest BCUT2D eigenvalue weighted by atomic mass is 9.73. The van der Waals surface area contributed by atoms with Gasteiger partial charge in [-0.25, -0.2) is 4.98 Å². The van der Waals surface area contributed by atoms with Gasteiger partial charge in [-0.3, -0.25) is 0 Å². The summed E-state index contributed by atoms with van der Waals surface area (Å²) in [5.41, 5.74) is -2.33. The van der Waals surface area contributed by atoms with Crippen molar-refractivity contribution in [2.75, 3.05) is 6.54 Å². The van der Waals surface area contributed by atoms with Gasteiger partial charge in [-0.15, -0.1) is 0 Å². The number of nitrogens with one attached hydrogen (secondary N) is 2. The van der Waals surface area contributed by atoms with Crippen molar-refractivity contribution in [1.29, 1.82) is 0 Å². The van der Waals surface area contributed by atoms with E-state index in [-0.39, 0.29) is 17.7 Å². The lowest BCUT2D eigenvalue weighted by Crippen LogP contribution is -2.28. The van der Waals surface area contributed by atoms with E-state index in [1.165, 1.54) is 6.07 Å². The lowest BCUT2D eigenvalue weighted by Gasteiger charge is -2.31. The molecule has 2 unspecified atom stereocenters. The van der Waals surface area contributed by atoms with Crippen molar-refractivity contribution in [3.05, 3.63) is 35.3 Å². The first-order chi connectivity index (χ1) is 14.2. The maximum Gasteiger partial charge on any atom is 0.534 e. The summed E-state index contributed by atoms with van der Waals surface area (Å²) in [6.07, 6.45) is 7.46. The Morgan fingerprint density at radius 2 is 1.97 bits per heavy atom. The number of H-pyrrole nitrogens is 1. The maximum absolute atomic E-state index is 12.8. The molecule has 1 saturated heterocycles. The van der Waals surface area contributed by atoms with Crippen molar-refractivity contribution >= 4 is 10.1 Å². The largest absolute Gasteiger partial charge is 0.534 e. The standard InChI is InChI=1S/C20H22F3N3O3S/c21-20(22,23)30(27,28)29-17-7-6-13(18-12-5-4-11(12)9-14(17)18)16-10-25-19(26-16)15-3-1-2-8-24-15/h6-7,10-12,15,24H,1-5,8-9H2,(H,25,26)/t11?,12?,15-/m0/s1. The molecule has 0 bridgehead atoms. The van der Waals surface area contributed by atoms with Gasteiger partial charge in [-0.2, -0.15) is 21.6 Å². The SMILES string of the molecule is O=S(=O)(Oc1ccc(-c2cnc([C@@H]3CCCCN3)[nH]2)c2c1CC1CCC21)C(F)(F)F. The van der Waals surface area contributed by atoms with Gasteiger partial charge in [0, 0.05) is 11.1 Å². The van der Waals surface area contributed by atoms with Crippen molar-refractivity contribution in [2.45, 2.75) is 56.0 Å². The second kappa shape index (κ2) is 6.98. The van der Waals surface area contributed by atoms with E-state index < -0.39 is 15.6 Å². The van der Waals surface area contributed by atoms with Crippen LogP contribution < -0.4 is 9.50 Å². The molecule has 2 aromatic rings. The molecule has 0 spiro atoms. The van der Waals surface area contributed by atoms with Crippen molar-refractivity contribution in [3.8, 4) is 17.0 Å². The molecule has 162 valence electrons. The van der Waals surface area contributed by atoms with E-state index in [1.807, 2.05) is 0 Å². The first kappa shape index (κ1) is 19.9. The molecule has 2 aliphatic carbocycles. The van der Waals surface area contributed by atoms with Gasteiger partial charge in [0.1, 0.15) is 11.6 Å². The van der Waals surface area contributed by atoms with E-state index in [2.05, 4.69) is 19.5 Å². The summed E-state index contributed by atoms with van der Waals surface area (Å²) < 4.78 is 66.1. The van der Waals surface area contributed by atoms with Crippen LogP contribution in [0, 0.1) is 5.92 Å². The van der Waals surface area contributed by atoms with E-state index >= 15 is 0 Å². The summed E-state index contributed by atoms with van der Waals surface area (Å²) in [6, 6.07) is 3.14. The zero-order valence-corrected chi connectivity index (χ0v) is 16.9. The van der Waals surface area contributed by atoms with Crippen LogP contribution in [0.5, 0.6) is 5.75 Å². The highest BCUT2D eigenvalue weighted by Crippen LogP contribution is 2.56. The molecule has 5 rings (SSSR count). The molecule has 3 atom stereocenters. The number of piperidine rings is 1. The van der Waals surface area contributed by atoms with Gasteiger partial charge in [0.15, 0.2) is 0 Å². The van der Waals surface area contributed by atoms with Gasteiger partial charge in [-0.05, 0) is 68.2 Å². The van der Waals surface area contributed by atoms with Crippen LogP contribution in [0.3, 0.4) is 0 Å². The second-order valence-electron chi connectivity index (χ2n) is 8.32. The number of imidazole rings is 1. The average molecular weight is 441 g/mol. The summed E-state index contributed by atoms with van der Waals surface area (Å²) in [4.78, 5) is 7.89. The van der Waals surface area contributed by atoms with Crippen molar-refractivity contribution < 1.29 is 25.8 Å². The first-order valence-electron chi connectivity index (χ1n) is 10.2. The van der Waals surface area contributed by atoms with Crippen LogP contribution in [-0.4, -0.2) is 30.4 Å². The summed E-state index contributed by atoms with van der Waals surface area (Å²) in [6.45, 7) is 0.944. The molecule has 10 heteroatoms. The molecule has 0 amide bonds. The predicted octanol–water partition coefficient (Wildman–Crippen LogP) is 4.17. The van der Waals surface area contributed by atoms with Crippen LogP contribution in [0.4, 0.5) is 13.2 Å². The zero-order chi connectivity index (χ0) is 21.1. The zero-order valence-electron chi connectivity index (χ0n) is 16.1. The van der Waals surface area contributed by atoms with E-state index in [1.54, 1.807) is 12.3 Å². The van der Waals surface area contributed by atoms with Gasteiger partial charge in [0.05, 0.1) is 17.9 Å². The number of aromatic nitrogens is 2. The quantitative estimate of drug-likeness (QED) is 0.550. The van der Waals surface area contributed by atoms with E-state index in [0.29, 0.717) is 17.9 Å². The molecule has 3 aliphatic rings. The highest BCUT2D eigenvalue weighted by atomic mass is 32.2. The molecule has 2 heterocycles. The summed E-state index contributed by atoms with van der Waals surface area (Å²) >= 11 is 0. The highest BCUT2D eigenvalue weighted by Gasteiger charge is 2.50. The molecule has 1 aromatic carbocycles. The number of rotatable bonds is 4. The van der Waals surface area contributed by atoms with Gasteiger partial charge >= 0.3 is 15.6 Å². The van der Waals surface area contributed by atoms with Crippen LogP contribution in [0.15, 0.2) is 18.3 Å². The summed E-state index contributed by atoms with van der Waals surface area (Å²) in [7, 11) is -5.70. The van der Waals surface area contributed by atoms with Gasteiger partial charge in [0.25, 0.3) is 0 Å². The smallest absolute Gasteiger partial charge is 0.376 e. The Morgan fingerprint density at radius 1 is 1.13 bits per heavy atom. The Bertz CT molecular complexity index is 1070. The Hall–Kier alpha value is -2.07. The molecule has 1 saturated carbocycles. The van der Waals surface area contributed by atoms with Crippen LogP contribution in [0.2, 0.25) is 0 Å². The second-order valence-corrected chi connectivity index (χ2v) is 9.86. The highest BCUT2D eigenvalue weighted by molar-refractivity contribution is 7.88. The van der Waals surface area contributed by atoms with Gasteiger partial charge < -0.3 is 14.5 Å². The Labute approximate surface area is 172 Å². The Morgan fingerprint density at radius 3 is 2.63 bits per heavy atom. The van der Waals surface area contributed by atoms with Crippen molar-refractivity contribution in [3.63, 3.8) is 0 Å². The van der Waals surface area contributed by atoms with E-state index in [0.717, 1.165) is 61.3 Å². The average Bonchev–Trinajstić information content (AvgIpc) is 3.25. The first-order valence-corrected chi connectivity index (χ1v) is 11.6. The molecule has 2 fully saturated rings. The monoisotopic (exact) mass is 441 g/mol. The van der Waals surface area contributed by atoms with Crippen molar-refractivity contribution in [1.82, 2.24) is 15.3 Å². The van der Waals surface area contributed by atoms with E-state index in [4.69, 9.17) is 0 Å². The molecule has 1 aromatic heterocycles. The normalized spacial score (nSPS) is 26.0. The third-order valence-electron chi connectivity index (χ3n) is 6.58. The van der Waals surface area contributed by atoms with Crippen LogP contribution in [-0.2, 0) is 16.5 Å². The minimum Gasteiger partial charge on any atom is -0.376 e. The van der Waals surface area contributed by atoms with Gasteiger partial charge in [-0.1, -0.05) is 6.42 Å². The molecule has 6 nitrogen and oxygen atoms in total. The fourth-order valence-electron chi connectivity index (χ4n) is 4.95. The number of alkyl halides is 3. The number of aromatic amines is 1. The lowest BCUT2D eigenvalue weighted by molar-refractivity contribution is -0.0500. The predicted molar refractivity (Wildman–Crippen MR) is 103 cm³/mol. The van der Waals surface area contributed by atoms with E-state index in [9.17, 15) is 21.6 Å². The molecule has 1 aliphatic heterocycles. The Kier molecular flexibility index (Phi) is 4.62. The third kappa shape index (κ3) is 3.20. The number of hydrogen-bond acceptors (Lipinski definition) is 5. The number of halogens is 3. The minimum absolute atomic E-state index is 0.163. The third-order valence-corrected chi connectivity index (χ3v) is 7.54. The molecule has 2 N–H and O–H groups in total. The van der Waals surface area contributed by atoms with Gasteiger partial charge in [0.2, 0.25) is 0 Å². The fourth-order valence-corrected chi connectivity index (χ4v) is 5.44. The van der Waals surface area contributed by atoms with Crippen LogP contribution in [0.25, 0.3) is 11.3 Å². The Balaban J connectivity index is 1.52. The number of hydrogen-bond donors (Lipinski definition) is 2. The van der Waals surface area contributed by atoms with Crippen LogP contribution >= 0.6 is 0 Å². The number of nitrogens with zero attached hydrogens (tertiary/aromatic N) is 1. The molecule has 30 heavy (non-hydrogen) atoms. The molecule has 0 radical (unpaired) electrons. The summed E-state index contributed by atoms with van der Waals surface area (Å²) in [5.74, 6) is 1.17. The molecular formula is C20H22F3N3O3S. The van der Waals surface area contributed by atoms with Crippen LogP contribution in [0.1, 0.15) is 61.0 Å². The maximum atomic E-state index is 12.8. The fraction of sp³-hybridized carbons (Fsp3) is 0.550. The summed E-state index contributed by atoms with van der Waals surface area (Å²) in [5, 5.41) is 3.44. The topological polar surface area (TPSA) is 84.1 Å². The molecular weight excluding hydrogens is 419 g/mol.